The minimum absolute atomic E-state index is 0.0115. The van der Waals surface area contributed by atoms with Crippen molar-refractivity contribution in [2.75, 3.05) is 18.4 Å². The zero-order chi connectivity index (χ0) is 16.2. The van der Waals surface area contributed by atoms with Gasteiger partial charge in [-0.25, -0.2) is 0 Å². The van der Waals surface area contributed by atoms with Crippen LogP contribution in [0.2, 0.25) is 5.02 Å². The van der Waals surface area contributed by atoms with Gasteiger partial charge in [0.05, 0.1) is 5.92 Å². The number of hydrogen-bond donors (Lipinski definition) is 2. The molecular formula is C19H21ClN2O. The highest BCUT2D eigenvalue weighted by atomic mass is 35.5. The van der Waals surface area contributed by atoms with Crippen molar-refractivity contribution in [2.45, 2.75) is 25.2 Å². The van der Waals surface area contributed by atoms with Gasteiger partial charge in [0.1, 0.15) is 0 Å². The Hall–Kier alpha value is -1.84. The molecule has 1 heterocycles. The summed E-state index contributed by atoms with van der Waals surface area (Å²) in [5, 5.41) is 7.04. The fraction of sp³-hybridized carbons (Fsp3) is 0.316. The SMILES string of the molecule is CC(C(=O)Nc1ccc(C2CCNC2)cc1)c1ccc(Cl)cc1. The standard InChI is InChI=1S/C19H21ClN2O/c1-13(14-2-6-17(20)7-3-14)19(23)22-18-8-4-15(5-9-18)16-10-11-21-12-16/h2-9,13,16,21H,10-12H2,1H3,(H,22,23). The highest BCUT2D eigenvalue weighted by Gasteiger charge is 2.17. The smallest absolute Gasteiger partial charge is 0.231 e. The quantitative estimate of drug-likeness (QED) is 0.884. The lowest BCUT2D eigenvalue weighted by Gasteiger charge is -2.14. The molecule has 2 N–H and O–H groups in total. The topological polar surface area (TPSA) is 41.1 Å². The fourth-order valence-electron chi connectivity index (χ4n) is 2.93. The molecule has 1 fully saturated rings. The van der Waals surface area contributed by atoms with Gasteiger partial charge in [-0.2, -0.15) is 0 Å². The Morgan fingerprint density at radius 3 is 2.48 bits per heavy atom. The first-order valence-electron chi connectivity index (χ1n) is 8.00. The molecule has 0 radical (unpaired) electrons. The Kier molecular flexibility index (Phi) is 4.99. The van der Waals surface area contributed by atoms with E-state index in [0.717, 1.165) is 24.3 Å². The molecule has 120 valence electrons. The van der Waals surface area contributed by atoms with E-state index < -0.39 is 0 Å². The van der Waals surface area contributed by atoms with Crippen LogP contribution >= 0.6 is 11.6 Å². The van der Waals surface area contributed by atoms with Gasteiger partial charge in [-0.1, -0.05) is 35.9 Å². The van der Waals surface area contributed by atoms with Crippen molar-refractivity contribution in [3.63, 3.8) is 0 Å². The predicted octanol–water partition coefficient (Wildman–Crippen LogP) is 4.16. The monoisotopic (exact) mass is 328 g/mol. The number of benzene rings is 2. The first-order chi connectivity index (χ1) is 11.1. The van der Waals surface area contributed by atoms with Crippen LogP contribution in [0.15, 0.2) is 48.5 Å². The summed E-state index contributed by atoms with van der Waals surface area (Å²) in [7, 11) is 0. The number of hydrogen-bond acceptors (Lipinski definition) is 2. The van der Waals surface area contributed by atoms with Crippen molar-refractivity contribution < 1.29 is 4.79 Å². The van der Waals surface area contributed by atoms with Gasteiger partial charge in [-0.3, -0.25) is 4.79 Å². The number of carbonyl (C=O) groups is 1. The number of amides is 1. The van der Waals surface area contributed by atoms with E-state index >= 15 is 0 Å². The molecule has 23 heavy (non-hydrogen) atoms. The van der Waals surface area contributed by atoms with E-state index in [1.165, 1.54) is 12.0 Å². The number of anilines is 1. The summed E-state index contributed by atoms with van der Waals surface area (Å²) in [6.45, 7) is 4.03. The molecule has 3 nitrogen and oxygen atoms in total. The Morgan fingerprint density at radius 1 is 1.17 bits per heavy atom. The van der Waals surface area contributed by atoms with E-state index in [2.05, 4.69) is 22.8 Å². The van der Waals surface area contributed by atoms with E-state index in [9.17, 15) is 4.79 Å². The van der Waals surface area contributed by atoms with Gasteiger partial charge in [0.2, 0.25) is 5.91 Å². The third-order valence-corrected chi connectivity index (χ3v) is 4.73. The maximum absolute atomic E-state index is 12.4. The maximum atomic E-state index is 12.4. The summed E-state index contributed by atoms with van der Waals surface area (Å²) in [6.07, 6.45) is 1.18. The number of carbonyl (C=O) groups excluding carboxylic acids is 1. The molecule has 0 aromatic heterocycles. The minimum Gasteiger partial charge on any atom is -0.326 e. The molecule has 2 aromatic rings. The van der Waals surface area contributed by atoms with Crippen LogP contribution in [0.5, 0.6) is 0 Å². The molecular weight excluding hydrogens is 308 g/mol. The lowest BCUT2D eigenvalue weighted by Crippen LogP contribution is -2.18. The number of halogens is 1. The van der Waals surface area contributed by atoms with E-state index in [4.69, 9.17) is 11.6 Å². The average molecular weight is 329 g/mol. The maximum Gasteiger partial charge on any atom is 0.231 e. The second kappa shape index (κ2) is 7.16. The summed E-state index contributed by atoms with van der Waals surface area (Å²) in [4.78, 5) is 12.4. The third kappa shape index (κ3) is 3.92. The molecule has 0 aliphatic carbocycles. The van der Waals surface area contributed by atoms with Crippen LogP contribution in [0.4, 0.5) is 5.69 Å². The van der Waals surface area contributed by atoms with Crippen LogP contribution in [0, 0.1) is 0 Å². The summed E-state index contributed by atoms with van der Waals surface area (Å²) >= 11 is 5.89. The van der Waals surface area contributed by atoms with E-state index in [0.29, 0.717) is 10.9 Å². The molecule has 2 aromatic carbocycles. The normalized spacial score (nSPS) is 18.6. The van der Waals surface area contributed by atoms with Crippen molar-refractivity contribution in [3.8, 4) is 0 Å². The third-order valence-electron chi connectivity index (χ3n) is 4.47. The first-order valence-corrected chi connectivity index (χ1v) is 8.38. The van der Waals surface area contributed by atoms with Gasteiger partial charge in [0, 0.05) is 17.3 Å². The Morgan fingerprint density at radius 2 is 1.87 bits per heavy atom. The van der Waals surface area contributed by atoms with E-state index in [1.807, 2.05) is 43.3 Å². The number of rotatable bonds is 4. The molecule has 0 spiro atoms. The first kappa shape index (κ1) is 16.0. The Bertz CT molecular complexity index is 661. The van der Waals surface area contributed by atoms with Gasteiger partial charge in [-0.05, 0) is 61.2 Å². The number of nitrogens with one attached hydrogen (secondary N) is 2. The van der Waals surface area contributed by atoms with Gasteiger partial charge < -0.3 is 10.6 Å². The van der Waals surface area contributed by atoms with E-state index in [1.54, 1.807) is 0 Å². The molecule has 1 amide bonds. The summed E-state index contributed by atoms with van der Waals surface area (Å²) < 4.78 is 0. The van der Waals surface area contributed by atoms with Crippen molar-refractivity contribution in [2.24, 2.45) is 0 Å². The molecule has 2 atom stereocenters. The fourth-order valence-corrected chi connectivity index (χ4v) is 3.06. The summed E-state index contributed by atoms with van der Waals surface area (Å²) in [6, 6.07) is 15.6. The van der Waals surface area contributed by atoms with Crippen molar-refractivity contribution in [1.82, 2.24) is 5.32 Å². The Balaban J connectivity index is 1.63. The largest absolute Gasteiger partial charge is 0.326 e. The van der Waals surface area contributed by atoms with Crippen LogP contribution < -0.4 is 10.6 Å². The van der Waals surface area contributed by atoms with Crippen LogP contribution in [-0.2, 0) is 4.79 Å². The summed E-state index contributed by atoms with van der Waals surface area (Å²) in [5.41, 5.74) is 3.13. The molecule has 1 aliphatic rings. The zero-order valence-electron chi connectivity index (χ0n) is 13.2. The van der Waals surface area contributed by atoms with Gasteiger partial charge in [0.15, 0.2) is 0 Å². The van der Waals surface area contributed by atoms with Crippen molar-refractivity contribution >= 4 is 23.2 Å². The second-order valence-corrected chi connectivity index (χ2v) is 6.51. The van der Waals surface area contributed by atoms with E-state index in [-0.39, 0.29) is 11.8 Å². The summed E-state index contributed by atoms with van der Waals surface area (Å²) in [5.74, 6) is 0.362. The lowest BCUT2D eigenvalue weighted by atomic mass is 9.98. The van der Waals surface area contributed by atoms with Crippen LogP contribution in [0.25, 0.3) is 0 Å². The molecule has 1 saturated heterocycles. The van der Waals surface area contributed by atoms with Crippen LogP contribution in [0.1, 0.15) is 36.3 Å². The Labute approximate surface area is 142 Å². The molecule has 3 rings (SSSR count). The molecule has 2 unspecified atom stereocenters. The minimum atomic E-state index is -0.217. The van der Waals surface area contributed by atoms with Crippen molar-refractivity contribution in [1.29, 1.82) is 0 Å². The molecule has 1 aliphatic heterocycles. The highest BCUT2D eigenvalue weighted by Crippen LogP contribution is 2.24. The molecule has 4 heteroatoms. The van der Waals surface area contributed by atoms with Crippen LogP contribution in [0.3, 0.4) is 0 Å². The second-order valence-electron chi connectivity index (χ2n) is 6.07. The van der Waals surface area contributed by atoms with Gasteiger partial charge in [0.25, 0.3) is 0 Å². The van der Waals surface area contributed by atoms with Crippen molar-refractivity contribution in [3.05, 3.63) is 64.7 Å². The molecule has 0 bridgehead atoms. The lowest BCUT2D eigenvalue weighted by molar-refractivity contribution is -0.117. The highest BCUT2D eigenvalue weighted by molar-refractivity contribution is 6.30. The predicted molar refractivity (Wildman–Crippen MR) is 95.2 cm³/mol. The molecule has 0 saturated carbocycles. The van der Waals surface area contributed by atoms with Crippen LogP contribution in [-0.4, -0.2) is 19.0 Å². The zero-order valence-corrected chi connectivity index (χ0v) is 13.9. The van der Waals surface area contributed by atoms with Gasteiger partial charge >= 0.3 is 0 Å². The average Bonchev–Trinajstić information content (AvgIpc) is 3.10. The van der Waals surface area contributed by atoms with Gasteiger partial charge in [-0.15, -0.1) is 0 Å².